The number of benzene rings is 1. The zero-order valence-corrected chi connectivity index (χ0v) is 39.6. The molecule has 332 valence electrons. The van der Waals surface area contributed by atoms with Crippen molar-refractivity contribution < 1.29 is 28.3 Å². The van der Waals surface area contributed by atoms with Crippen LogP contribution in [0.25, 0.3) is 0 Å². The maximum absolute atomic E-state index is 6.44. The number of hydrogen-bond donors (Lipinski definition) is 0. The average Bonchev–Trinajstić information content (AvgIpc) is 3.35. The van der Waals surface area contributed by atoms with Gasteiger partial charge >= 0.3 is 7.12 Å². The summed E-state index contributed by atoms with van der Waals surface area (Å²) in [4.78, 5) is 11.6. The Labute approximate surface area is 413 Å². The van der Waals surface area contributed by atoms with Crippen LogP contribution in [0.2, 0.25) is 0 Å². The van der Waals surface area contributed by atoms with Crippen molar-refractivity contribution in [3.63, 3.8) is 0 Å². The molecule has 0 saturated carbocycles. The molecule has 1 aliphatic heterocycles. The third-order valence-corrected chi connectivity index (χ3v) is 8.97. The van der Waals surface area contributed by atoms with Crippen LogP contribution in [0.4, 0.5) is 0 Å². The second-order valence-electron chi connectivity index (χ2n) is 14.3. The highest BCUT2D eigenvalue weighted by molar-refractivity contribution is 6.61. The topological polar surface area (TPSA) is 46.2 Å². The predicted octanol–water partition coefficient (Wildman–Crippen LogP) is 5.36. The molecule has 7 heteroatoms. The van der Waals surface area contributed by atoms with Gasteiger partial charge in [-0.15, -0.1) is 12.8 Å². The van der Waals surface area contributed by atoms with Crippen molar-refractivity contribution >= 4 is 12.6 Å². The molecule has 0 radical (unpaired) electrons. The van der Waals surface area contributed by atoms with E-state index in [0.29, 0.717) is 31.9 Å². The second kappa shape index (κ2) is 38.3. The lowest BCUT2D eigenvalue weighted by molar-refractivity contribution is -0.773. The van der Waals surface area contributed by atoms with Crippen molar-refractivity contribution in [3.05, 3.63) is 24.3 Å². The predicted molar refractivity (Wildman–Crippen MR) is 274 cm³/mol. The molecule has 1 heterocycles. The van der Waals surface area contributed by atoms with E-state index in [1.807, 2.05) is 31.3 Å². The summed E-state index contributed by atoms with van der Waals surface area (Å²) in [7, 11) is 1.35. The zero-order chi connectivity index (χ0) is 49.7. The lowest BCUT2D eigenvalue weighted by Gasteiger charge is -2.34. The number of hydrogen-bond acceptors (Lipinski definition) is 5. The van der Waals surface area contributed by atoms with Gasteiger partial charge in [-0.2, -0.15) is 4.48 Å². The molecule has 1 fully saturated rings. The summed E-state index contributed by atoms with van der Waals surface area (Å²) < 4.78 is 18.7. The number of unbranched alkanes of at least 4 members (excludes halogenated alkanes) is 1. The van der Waals surface area contributed by atoms with Gasteiger partial charge in [0.1, 0.15) is 12.3 Å². The molecule has 0 aliphatic carbocycles. The summed E-state index contributed by atoms with van der Waals surface area (Å²) in [6.07, 6.45) is 17.2. The molecular weight excluding hydrogens is 849 g/mol. The third kappa shape index (κ3) is 29.2. The standard InChI is InChI=1S/C62H47BNO5/c1-8-13-16-18-20-22-24-26-28-30-32-34-36-38-40-42-50-64(7,51-43-41-39-37-35-33-31-29-27-25-23-21-19-17-14-9-2)52-44-53-66-69-60(12-5)55-62-54-57(6)67-63(68-62)59-46-48-61(49-47-59)65-56-58(11-4)45-15-10-3/h1-2,46-49,57-58,60,62H,10-12,15,44-45,52-56H2,3-7H3/q+1. The molecule has 0 amide bonds. The van der Waals surface area contributed by atoms with Gasteiger partial charge < -0.3 is 14.0 Å². The molecule has 6 nitrogen and oxygen atoms in total. The maximum Gasteiger partial charge on any atom is 0.494 e. The fourth-order valence-electron chi connectivity index (χ4n) is 5.52. The minimum Gasteiger partial charge on any atom is -0.493 e. The molecular formula is C62H47BNO5+. The normalized spacial score (nSPS) is 12.4. The van der Waals surface area contributed by atoms with Crippen LogP contribution in [0.3, 0.4) is 0 Å². The summed E-state index contributed by atoms with van der Waals surface area (Å²) in [5.41, 5.74) is 0.947. The Morgan fingerprint density at radius 1 is 0.609 bits per heavy atom. The fraction of sp³-hybridized carbons (Fsp3) is 0.323. The Morgan fingerprint density at radius 3 is 1.48 bits per heavy atom. The van der Waals surface area contributed by atoms with E-state index in [2.05, 4.69) is 229 Å². The molecule has 1 saturated heterocycles. The number of nitrogens with zero attached hydrogens (tertiary/aromatic N) is 1. The Kier molecular flexibility index (Phi) is 31.1. The van der Waals surface area contributed by atoms with Crippen LogP contribution in [-0.4, -0.2) is 56.7 Å². The third-order valence-electron chi connectivity index (χ3n) is 8.97. The van der Waals surface area contributed by atoms with Gasteiger partial charge in [0.05, 0.1) is 38.2 Å². The SMILES string of the molecule is C#CC#CC#CC#CC#CC#CC#CC#CC#C[N+](C)(C#CC#CC#CC#CC#CC#CC#CC#CC#C)CCCOOC(CC)CC1CC(C)OB(c2ccc(OCC(CC)CCCC)cc2)O1. The smallest absolute Gasteiger partial charge is 0.493 e. The van der Waals surface area contributed by atoms with Crippen LogP contribution in [0, 0.1) is 220 Å². The first kappa shape index (κ1) is 56.1. The lowest BCUT2D eigenvalue weighted by atomic mass is 9.76. The number of terminal acetylenes is 2. The second-order valence-corrected chi connectivity index (χ2v) is 14.3. The van der Waals surface area contributed by atoms with Crippen molar-refractivity contribution in [3.8, 4) is 220 Å². The first-order chi connectivity index (χ1) is 33.9. The van der Waals surface area contributed by atoms with Gasteiger partial charge in [-0.05, 0) is 144 Å². The van der Waals surface area contributed by atoms with Gasteiger partial charge in [0.2, 0.25) is 0 Å². The molecule has 0 spiro atoms. The highest BCUT2D eigenvalue weighted by atomic mass is 17.2. The molecule has 2 rings (SSSR count). The molecule has 1 aromatic rings. The van der Waals surface area contributed by atoms with E-state index in [0.717, 1.165) is 37.1 Å². The molecule has 69 heavy (non-hydrogen) atoms. The van der Waals surface area contributed by atoms with E-state index in [4.69, 9.17) is 36.7 Å². The first-order valence-corrected chi connectivity index (χ1v) is 22.0. The summed E-state index contributed by atoms with van der Waals surface area (Å²) in [5.74, 6) is 82.5. The lowest BCUT2D eigenvalue weighted by Crippen LogP contribution is -2.48. The Morgan fingerprint density at radius 2 is 1.06 bits per heavy atom. The number of rotatable bonds is 17. The molecule has 4 unspecified atom stereocenters. The Bertz CT molecular complexity index is 2930. The van der Waals surface area contributed by atoms with E-state index >= 15 is 0 Å². The molecule has 1 aliphatic rings. The van der Waals surface area contributed by atoms with Gasteiger partial charge in [-0.3, -0.25) is 0 Å². The Balaban J connectivity index is 2.06. The van der Waals surface area contributed by atoms with Crippen molar-refractivity contribution in [1.82, 2.24) is 0 Å². The van der Waals surface area contributed by atoms with Gasteiger partial charge in [0, 0.05) is 108 Å². The summed E-state index contributed by atoms with van der Waals surface area (Å²) in [6.45, 7) is 10.1. The van der Waals surface area contributed by atoms with Crippen molar-refractivity contribution in [2.45, 2.75) is 97.4 Å². The maximum atomic E-state index is 6.44. The molecule has 0 N–H and O–H groups in total. The van der Waals surface area contributed by atoms with Crippen molar-refractivity contribution in [2.75, 3.05) is 26.8 Å². The van der Waals surface area contributed by atoms with E-state index in [-0.39, 0.29) is 22.8 Å². The fourth-order valence-corrected chi connectivity index (χ4v) is 5.52. The highest BCUT2D eigenvalue weighted by Crippen LogP contribution is 2.23. The van der Waals surface area contributed by atoms with Gasteiger partial charge in [0.15, 0.2) is 12.1 Å². The molecule has 0 aromatic heterocycles. The van der Waals surface area contributed by atoms with Crippen molar-refractivity contribution in [2.24, 2.45) is 5.92 Å². The van der Waals surface area contributed by atoms with Crippen LogP contribution in [0.5, 0.6) is 5.75 Å². The molecule has 0 bridgehead atoms. The molecule has 1 aromatic carbocycles. The van der Waals surface area contributed by atoms with E-state index in [1.165, 1.54) is 19.3 Å². The van der Waals surface area contributed by atoms with Crippen LogP contribution in [-0.2, 0) is 19.1 Å². The largest absolute Gasteiger partial charge is 0.494 e. The van der Waals surface area contributed by atoms with E-state index < -0.39 is 7.12 Å². The van der Waals surface area contributed by atoms with Gasteiger partial charge in [-0.1, -0.05) is 52.2 Å². The summed E-state index contributed by atoms with van der Waals surface area (Å²) in [5, 5.41) is 0. The first-order valence-electron chi connectivity index (χ1n) is 22.0. The summed E-state index contributed by atoms with van der Waals surface area (Å²) in [6, 6.07) is 14.2. The van der Waals surface area contributed by atoms with Crippen LogP contribution in [0.15, 0.2) is 24.3 Å². The van der Waals surface area contributed by atoms with E-state index in [9.17, 15) is 0 Å². The van der Waals surface area contributed by atoms with Crippen LogP contribution >= 0.6 is 0 Å². The Hall–Kier alpha value is -9.04. The number of quaternary nitrogens is 1. The average molecular weight is 897 g/mol. The molecule has 4 atom stereocenters. The monoisotopic (exact) mass is 896 g/mol. The van der Waals surface area contributed by atoms with Gasteiger partial charge in [-0.25, -0.2) is 9.78 Å². The summed E-state index contributed by atoms with van der Waals surface area (Å²) >= 11 is 0. The van der Waals surface area contributed by atoms with E-state index in [1.54, 1.807) is 0 Å². The zero-order valence-electron chi connectivity index (χ0n) is 39.6. The quantitative estimate of drug-likeness (QED) is 0.0527. The van der Waals surface area contributed by atoms with Crippen molar-refractivity contribution in [1.29, 1.82) is 0 Å². The van der Waals surface area contributed by atoms with Crippen LogP contribution < -0.4 is 10.2 Å². The van der Waals surface area contributed by atoms with Gasteiger partial charge in [0.25, 0.3) is 0 Å². The highest BCUT2D eigenvalue weighted by Gasteiger charge is 2.35. The number of ether oxygens (including phenoxy) is 1. The minimum atomic E-state index is -0.485. The van der Waals surface area contributed by atoms with Crippen LogP contribution in [0.1, 0.15) is 79.1 Å². The minimum absolute atomic E-state index is 0.00843.